The van der Waals surface area contributed by atoms with Crippen LogP contribution in [0.25, 0.3) is 0 Å². The molecule has 2 fully saturated rings. The van der Waals surface area contributed by atoms with Crippen LogP contribution >= 0.6 is 11.6 Å². The number of halogens is 1. The molecule has 2 amide bonds. The fourth-order valence-electron chi connectivity index (χ4n) is 4.54. The third-order valence-corrected chi connectivity index (χ3v) is 6.16. The number of carbonyl (C=O) groups excluding carboxylic acids is 2. The molecule has 0 aromatic heterocycles. The lowest BCUT2D eigenvalue weighted by molar-refractivity contribution is -0.130. The molecule has 0 radical (unpaired) electrons. The van der Waals surface area contributed by atoms with Crippen LogP contribution in [-0.4, -0.2) is 48.4 Å². The number of nitrogens with zero attached hydrogens (tertiary/aromatic N) is 2. The predicted octanol–water partition coefficient (Wildman–Crippen LogP) is 3.64. The van der Waals surface area contributed by atoms with Crippen molar-refractivity contribution in [1.29, 1.82) is 0 Å². The molecular weight excluding hydrogens is 376 g/mol. The molecule has 2 aromatic carbocycles. The Hall–Kier alpha value is -2.53. The number of fused-ring (bicyclic) bond motifs is 1. The van der Waals surface area contributed by atoms with Crippen LogP contribution in [0, 0.1) is 11.8 Å². The number of ether oxygens (including phenoxy) is 1. The Morgan fingerprint density at radius 1 is 1.00 bits per heavy atom. The molecule has 3 atom stereocenters. The van der Waals surface area contributed by atoms with Crippen molar-refractivity contribution in [3.8, 4) is 5.75 Å². The van der Waals surface area contributed by atoms with Gasteiger partial charge in [-0.3, -0.25) is 9.59 Å². The lowest BCUT2D eigenvalue weighted by atomic mass is 9.89. The topological polar surface area (TPSA) is 49.9 Å². The number of likely N-dealkylation sites (tertiary alicyclic amines) is 2. The van der Waals surface area contributed by atoms with Crippen LogP contribution in [0.3, 0.4) is 0 Å². The highest BCUT2D eigenvalue weighted by Gasteiger charge is 2.49. The molecule has 2 saturated heterocycles. The van der Waals surface area contributed by atoms with Crippen molar-refractivity contribution >= 4 is 23.4 Å². The predicted molar refractivity (Wildman–Crippen MR) is 107 cm³/mol. The molecule has 5 nitrogen and oxygen atoms in total. The van der Waals surface area contributed by atoms with E-state index in [-0.39, 0.29) is 29.7 Å². The molecule has 2 aromatic rings. The van der Waals surface area contributed by atoms with E-state index in [2.05, 4.69) is 0 Å². The van der Waals surface area contributed by atoms with Crippen LogP contribution in [-0.2, 0) is 4.79 Å². The monoisotopic (exact) mass is 398 g/mol. The van der Waals surface area contributed by atoms with Crippen molar-refractivity contribution in [3.63, 3.8) is 0 Å². The van der Waals surface area contributed by atoms with Gasteiger partial charge in [0.2, 0.25) is 5.91 Å². The highest BCUT2D eigenvalue weighted by atomic mass is 35.5. The Morgan fingerprint density at radius 3 is 2.29 bits per heavy atom. The van der Waals surface area contributed by atoms with Gasteiger partial charge in [-0.1, -0.05) is 23.7 Å². The summed E-state index contributed by atoms with van der Waals surface area (Å²) in [6.07, 6.45) is 0. The number of hydrogen-bond acceptors (Lipinski definition) is 3. The SMILES string of the molecule is COc1ccc([C@H]2[C@@H]3CN(C(=O)c4ccc(Cl)cc4)C[C@@H]3CN2C(C)=O)cc1. The smallest absolute Gasteiger partial charge is 0.253 e. The molecular formula is C22H23ClN2O3. The van der Waals surface area contributed by atoms with E-state index in [0.717, 1.165) is 11.3 Å². The number of benzene rings is 2. The second-order valence-corrected chi connectivity index (χ2v) is 7.97. The molecule has 0 N–H and O–H groups in total. The summed E-state index contributed by atoms with van der Waals surface area (Å²) in [6, 6.07) is 14.9. The summed E-state index contributed by atoms with van der Waals surface area (Å²) in [5.41, 5.74) is 1.73. The van der Waals surface area contributed by atoms with E-state index >= 15 is 0 Å². The summed E-state index contributed by atoms with van der Waals surface area (Å²) >= 11 is 5.94. The van der Waals surface area contributed by atoms with E-state index in [1.54, 1.807) is 38.3 Å². The first-order chi connectivity index (χ1) is 13.5. The second kappa shape index (κ2) is 7.47. The zero-order valence-corrected chi connectivity index (χ0v) is 16.7. The van der Waals surface area contributed by atoms with Gasteiger partial charge < -0.3 is 14.5 Å². The van der Waals surface area contributed by atoms with Crippen LogP contribution in [0.1, 0.15) is 28.9 Å². The minimum atomic E-state index is -0.0172. The molecule has 0 unspecified atom stereocenters. The third-order valence-electron chi connectivity index (χ3n) is 5.90. The molecule has 2 heterocycles. The number of rotatable bonds is 3. The van der Waals surface area contributed by atoms with Gasteiger partial charge in [-0.05, 0) is 42.0 Å². The fourth-order valence-corrected chi connectivity index (χ4v) is 4.66. The number of methoxy groups -OCH3 is 1. The molecule has 0 saturated carbocycles. The van der Waals surface area contributed by atoms with Crippen LogP contribution < -0.4 is 4.74 Å². The molecule has 0 aliphatic carbocycles. The molecule has 2 aliphatic rings. The van der Waals surface area contributed by atoms with Gasteiger partial charge in [0.15, 0.2) is 0 Å². The standard InChI is InChI=1S/C22H23ClN2O3/c1-14(26)25-12-17-11-24(22(27)16-3-7-18(23)8-4-16)13-20(17)21(25)15-5-9-19(28-2)10-6-15/h3-10,17,20-21H,11-13H2,1-2H3/t17-,20-,21+/m1/s1. The zero-order valence-electron chi connectivity index (χ0n) is 16.0. The summed E-state index contributed by atoms with van der Waals surface area (Å²) in [6.45, 7) is 3.62. The van der Waals surface area contributed by atoms with E-state index in [1.165, 1.54) is 0 Å². The normalized spacial score (nSPS) is 23.6. The van der Waals surface area contributed by atoms with Crippen LogP contribution in [0.2, 0.25) is 5.02 Å². The lowest BCUT2D eigenvalue weighted by Crippen LogP contribution is -2.36. The van der Waals surface area contributed by atoms with E-state index < -0.39 is 0 Å². The molecule has 0 bridgehead atoms. The number of amides is 2. The number of carbonyl (C=O) groups is 2. The number of hydrogen-bond donors (Lipinski definition) is 0. The molecule has 146 valence electrons. The van der Waals surface area contributed by atoms with Gasteiger partial charge in [0.1, 0.15) is 5.75 Å². The Balaban J connectivity index is 1.57. The maximum atomic E-state index is 12.9. The highest BCUT2D eigenvalue weighted by Crippen LogP contribution is 2.45. The Bertz CT molecular complexity index is 882. The first-order valence-electron chi connectivity index (χ1n) is 9.44. The van der Waals surface area contributed by atoms with Crippen molar-refractivity contribution < 1.29 is 14.3 Å². The van der Waals surface area contributed by atoms with E-state index in [9.17, 15) is 9.59 Å². The van der Waals surface area contributed by atoms with Crippen molar-refractivity contribution in [2.24, 2.45) is 11.8 Å². The third kappa shape index (κ3) is 3.35. The summed E-state index contributed by atoms with van der Waals surface area (Å²) in [5.74, 6) is 1.40. The summed E-state index contributed by atoms with van der Waals surface area (Å²) in [7, 11) is 1.64. The maximum Gasteiger partial charge on any atom is 0.253 e. The van der Waals surface area contributed by atoms with Gasteiger partial charge in [-0.25, -0.2) is 0 Å². The van der Waals surface area contributed by atoms with E-state index in [4.69, 9.17) is 16.3 Å². The van der Waals surface area contributed by atoms with Gasteiger partial charge in [0.05, 0.1) is 13.2 Å². The van der Waals surface area contributed by atoms with Gasteiger partial charge in [0, 0.05) is 49.0 Å². The van der Waals surface area contributed by atoms with Gasteiger partial charge in [0.25, 0.3) is 5.91 Å². The summed E-state index contributed by atoms with van der Waals surface area (Å²) in [4.78, 5) is 29.0. The Labute approximate surface area is 169 Å². The quantitative estimate of drug-likeness (QED) is 0.793. The average Bonchev–Trinajstić information content (AvgIpc) is 3.26. The minimum Gasteiger partial charge on any atom is -0.497 e. The van der Waals surface area contributed by atoms with Gasteiger partial charge in [-0.15, -0.1) is 0 Å². The Kier molecular flexibility index (Phi) is 5.02. The van der Waals surface area contributed by atoms with Crippen molar-refractivity contribution in [3.05, 3.63) is 64.7 Å². The highest BCUT2D eigenvalue weighted by molar-refractivity contribution is 6.30. The van der Waals surface area contributed by atoms with Crippen LogP contribution in [0.4, 0.5) is 0 Å². The molecule has 6 heteroatoms. The molecule has 28 heavy (non-hydrogen) atoms. The Morgan fingerprint density at radius 2 is 1.68 bits per heavy atom. The first-order valence-corrected chi connectivity index (χ1v) is 9.81. The van der Waals surface area contributed by atoms with E-state index in [1.807, 2.05) is 34.1 Å². The second-order valence-electron chi connectivity index (χ2n) is 7.53. The van der Waals surface area contributed by atoms with Crippen molar-refractivity contribution in [1.82, 2.24) is 9.80 Å². The molecule has 4 rings (SSSR count). The molecule has 0 spiro atoms. The summed E-state index contributed by atoms with van der Waals surface area (Å²) in [5, 5.41) is 0.617. The largest absolute Gasteiger partial charge is 0.497 e. The first kappa shape index (κ1) is 18.8. The van der Waals surface area contributed by atoms with Crippen LogP contribution in [0.15, 0.2) is 48.5 Å². The van der Waals surface area contributed by atoms with Crippen LogP contribution in [0.5, 0.6) is 5.75 Å². The van der Waals surface area contributed by atoms with Crippen molar-refractivity contribution in [2.45, 2.75) is 13.0 Å². The maximum absolute atomic E-state index is 12.9. The zero-order chi connectivity index (χ0) is 19.8. The summed E-state index contributed by atoms with van der Waals surface area (Å²) < 4.78 is 5.26. The molecule has 2 aliphatic heterocycles. The fraction of sp³-hybridized carbons (Fsp3) is 0.364. The minimum absolute atomic E-state index is 0.0172. The van der Waals surface area contributed by atoms with Crippen molar-refractivity contribution in [2.75, 3.05) is 26.7 Å². The van der Waals surface area contributed by atoms with Gasteiger partial charge in [-0.2, -0.15) is 0 Å². The van der Waals surface area contributed by atoms with E-state index in [0.29, 0.717) is 30.2 Å². The average molecular weight is 399 g/mol. The van der Waals surface area contributed by atoms with Gasteiger partial charge >= 0.3 is 0 Å². The lowest BCUT2D eigenvalue weighted by Gasteiger charge is -2.29.